The number of fused-ring (bicyclic) bond motifs is 1. The summed E-state index contributed by atoms with van der Waals surface area (Å²) in [7, 11) is 0. The summed E-state index contributed by atoms with van der Waals surface area (Å²) in [4.78, 5) is 13.9. The number of hydrogen-bond donors (Lipinski definition) is 0. The first-order valence-electron chi connectivity index (χ1n) is 6.27. The van der Waals surface area contributed by atoms with Crippen molar-refractivity contribution in [2.75, 3.05) is 13.1 Å². The summed E-state index contributed by atoms with van der Waals surface area (Å²) < 4.78 is 15.3. The summed E-state index contributed by atoms with van der Waals surface area (Å²) in [6.07, 6.45) is 3.96. The zero-order chi connectivity index (χ0) is 12.5. The normalized spacial score (nSPS) is 15.5. The number of carbonyl (C=O) groups is 1. The Morgan fingerprint density at radius 2 is 2.00 bits per heavy atom. The maximum atomic E-state index is 13.5. The van der Waals surface area contributed by atoms with E-state index in [0.717, 1.165) is 31.4 Å². The lowest BCUT2D eigenvalue weighted by Gasteiger charge is -2.16. The van der Waals surface area contributed by atoms with Gasteiger partial charge in [0.1, 0.15) is 12.4 Å². The topological polar surface area (TPSA) is 25.2 Å². The van der Waals surface area contributed by atoms with E-state index in [-0.39, 0.29) is 11.7 Å². The Bertz CT molecular complexity index is 584. The van der Waals surface area contributed by atoms with E-state index in [2.05, 4.69) is 0 Å². The van der Waals surface area contributed by atoms with Crippen LogP contribution in [0.3, 0.4) is 0 Å². The van der Waals surface area contributed by atoms with E-state index in [4.69, 9.17) is 0 Å². The number of aromatic nitrogens is 1. The number of likely N-dealkylation sites (tertiary alicyclic amines) is 1. The van der Waals surface area contributed by atoms with Gasteiger partial charge in [0.05, 0.1) is 5.52 Å². The van der Waals surface area contributed by atoms with Crippen molar-refractivity contribution in [2.45, 2.75) is 19.4 Å². The Balaban J connectivity index is 1.86. The van der Waals surface area contributed by atoms with Crippen LogP contribution in [0.4, 0.5) is 4.39 Å². The van der Waals surface area contributed by atoms with Gasteiger partial charge in [0.25, 0.3) is 0 Å². The van der Waals surface area contributed by atoms with Crippen molar-refractivity contribution in [3.63, 3.8) is 0 Å². The number of benzene rings is 1. The summed E-state index contributed by atoms with van der Waals surface area (Å²) in [6, 6.07) is 6.68. The highest BCUT2D eigenvalue weighted by Crippen LogP contribution is 2.19. The molecule has 1 aromatic heterocycles. The lowest BCUT2D eigenvalue weighted by molar-refractivity contribution is -0.130. The van der Waals surface area contributed by atoms with E-state index in [9.17, 15) is 9.18 Å². The second-order valence-corrected chi connectivity index (χ2v) is 4.70. The van der Waals surface area contributed by atoms with Gasteiger partial charge in [0.15, 0.2) is 0 Å². The van der Waals surface area contributed by atoms with E-state index in [1.807, 2.05) is 15.5 Å². The van der Waals surface area contributed by atoms with Crippen molar-refractivity contribution in [3.8, 4) is 0 Å². The molecule has 1 fully saturated rings. The summed E-state index contributed by atoms with van der Waals surface area (Å²) in [5, 5.41) is 0.576. The van der Waals surface area contributed by atoms with Gasteiger partial charge in [-0.1, -0.05) is 6.07 Å². The molecule has 0 saturated carbocycles. The first-order chi connectivity index (χ1) is 8.75. The lowest BCUT2D eigenvalue weighted by atomic mass is 10.2. The van der Waals surface area contributed by atoms with Gasteiger partial charge in [-0.2, -0.15) is 0 Å². The van der Waals surface area contributed by atoms with Crippen molar-refractivity contribution in [3.05, 3.63) is 36.3 Å². The molecule has 18 heavy (non-hydrogen) atoms. The second kappa shape index (κ2) is 4.44. The molecule has 2 aromatic rings. The Labute approximate surface area is 105 Å². The molecule has 4 heteroatoms. The Hall–Kier alpha value is -1.84. The third-order valence-corrected chi connectivity index (χ3v) is 3.52. The summed E-state index contributed by atoms with van der Waals surface area (Å²) in [6.45, 7) is 2.01. The van der Waals surface area contributed by atoms with Crippen molar-refractivity contribution < 1.29 is 9.18 Å². The molecule has 0 unspecified atom stereocenters. The number of amides is 1. The fraction of sp³-hybridized carbons (Fsp3) is 0.357. The summed E-state index contributed by atoms with van der Waals surface area (Å²) >= 11 is 0. The van der Waals surface area contributed by atoms with E-state index >= 15 is 0 Å². The van der Waals surface area contributed by atoms with E-state index in [1.165, 1.54) is 6.07 Å². The molecular formula is C14H15FN2O. The van der Waals surface area contributed by atoms with Gasteiger partial charge in [0.2, 0.25) is 5.91 Å². The molecule has 0 atom stereocenters. The van der Waals surface area contributed by atoms with Gasteiger partial charge in [-0.05, 0) is 31.0 Å². The molecule has 3 nitrogen and oxygen atoms in total. The van der Waals surface area contributed by atoms with Crippen molar-refractivity contribution in [2.24, 2.45) is 0 Å². The standard InChI is InChI=1S/C14H15FN2O/c15-12-4-3-5-13-11(12)6-9-17(13)10-14(18)16-7-1-2-8-16/h3-6,9H,1-2,7-8,10H2. The number of halogens is 1. The van der Waals surface area contributed by atoms with Crippen LogP contribution >= 0.6 is 0 Å². The van der Waals surface area contributed by atoms with Gasteiger partial charge < -0.3 is 9.47 Å². The zero-order valence-electron chi connectivity index (χ0n) is 10.1. The van der Waals surface area contributed by atoms with E-state index < -0.39 is 0 Å². The van der Waals surface area contributed by atoms with Crippen LogP contribution in [0.2, 0.25) is 0 Å². The highest BCUT2D eigenvalue weighted by atomic mass is 19.1. The maximum absolute atomic E-state index is 13.5. The van der Waals surface area contributed by atoms with Gasteiger partial charge in [-0.3, -0.25) is 4.79 Å². The van der Waals surface area contributed by atoms with Crippen molar-refractivity contribution in [1.29, 1.82) is 0 Å². The minimum absolute atomic E-state index is 0.120. The first-order valence-corrected chi connectivity index (χ1v) is 6.27. The van der Waals surface area contributed by atoms with Crippen LogP contribution in [0, 0.1) is 5.82 Å². The summed E-state index contributed by atoms with van der Waals surface area (Å²) in [5.41, 5.74) is 0.780. The van der Waals surface area contributed by atoms with Gasteiger partial charge >= 0.3 is 0 Å². The fourth-order valence-corrected chi connectivity index (χ4v) is 2.54. The molecule has 1 amide bonds. The van der Waals surface area contributed by atoms with Crippen molar-refractivity contribution >= 4 is 16.8 Å². The highest BCUT2D eigenvalue weighted by molar-refractivity contribution is 5.83. The molecule has 1 saturated heterocycles. The van der Waals surface area contributed by atoms with Crippen LogP contribution in [0.1, 0.15) is 12.8 Å². The molecular weight excluding hydrogens is 231 g/mol. The molecule has 1 aliphatic rings. The van der Waals surface area contributed by atoms with Crippen LogP contribution in [-0.4, -0.2) is 28.5 Å². The monoisotopic (exact) mass is 246 g/mol. The van der Waals surface area contributed by atoms with Crippen LogP contribution < -0.4 is 0 Å². The quantitative estimate of drug-likeness (QED) is 0.798. The molecule has 2 heterocycles. The predicted molar refractivity (Wildman–Crippen MR) is 67.7 cm³/mol. The number of carbonyl (C=O) groups excluding carboxylic acids is 1. The average molecular weight is 246 g/mol. The zero-order valence-corrected chi connectivity index (χ0v) is 10.1. The van der Waals surface area contributed by atoms with Crippen LogP contribution in [0.5, 0.6) is 0 Å². The molecule has 1 aliphatic heterocycles. The number of hydrogen-bond acceptors (Lipinski definition) is 1. The second-order valence-electron chi connectivity index (χ2n) is 4.70. The SMILES string of the molecule is O=C(Cn1ccc2c(F)cccc21)N1CCCC1. The van der Waals surface area contributed by atoms with Gasteiger partial charge in [0, 0.05) is 24.7 Å². The fourth-order valence-electron chi connectivity index (χ4n) is 2.54. The largest absolute Gasteiger partial charge is 0.341 e. The average Bonchev–Trinajstić information content (AvgIpc) is 2.99. The molecule has 0 radical (unpaired) electrons. The Morgan fingerprint density at radius 1 is 1.22 bits per heavy atom. The maximum Gasteiger partial charge on any atom is 0.242 e. The number of nitrogens with zero attached hydrogens (tertiary/aromatic N) is 2. The molecule has 0 aliphatic carbocycles. The summed E-state index contributed by atoms with van der Waals surface area (Å²) in [5.74, 6) is -0.117. The first kappa shape index (κ1) is 11.3. The van der Waals surface area contributed by atoms with Crippen LogP contribution in [-0.2, 0) is 11.3 Å². The minimum atomic E-state index is -0.236. The number of rotatable bonds is 2. The van der Waals surface area contributed by atoms with E-state index in [0.29, 0.717) is 11.9 Å². The van der Waals surface area contributed by atoms with Crippen molar-refractivity contribution in [1.82, 2.24) is 9.47 Å². The predicted octanol–water partition coefficient (Wildman–Crippen LogP) is 2.40. The third kappa shape index (κ3) is 1.88. The molecule has 3 rings (SSSR count). The van der Waals surface area contributed by atoms with Crippen LogP contribution in [0.25, 0.3) is 10.9 Å². The Kier molecular flexibility index (Phi) is 2.78. The smallest absolute Gasteiger partial charge is 0.242 e. The molecule has 0 spiro atoms. The molecule has 1 aromatic carbocycles. The molecule has 94 valence electrons. The molecule has 0 N–H and O–H groups in total. The molecule has 0 bridgehead atoms. The lowest BCUT2D eigenvalue weighted by Crippen LogP contribution is -2.30. The van der Waals surface area contributed by atoms with Gasteiger partial charge in [-0.15, -0.1) is 0 Å². The highest BCUT2D eigenvalue weighted by Gasteiger charge is 2.18. The Morgan fingerprint density at radius 3 is 2.78 bits per heavy atom. The van der Waals surface area contributed by atoms with Crippen LogP contribution in [0.15, 0.2) is 30.5 Å². The van der Waals surface area contributed by atoms with E-state index in [1.54, 1.807) is 18.3 Å². The van der Waals surface area contributed by atoms with Gasteiger partial charge in [-0.25, -0.2) is 4.39 Å². The minimum Gasteiger partial charge on any atom is -0.341 e. The third-order valence-electron chi connectivity index (χ3n) is 3.52.